The van der Waals surface area contributed by atoms with Crippen molar-refractivity contribution in [1.29, 1.82) is 0 Å². The van der Waals surface area contributed by atoms with Crippen LogP contribution < -0.4 is 10.4 Å². The number of aryl methyl sites for hydroxylation is 1. The Morgan fingerprint density at radius 2 is 1.80 bits per heavy atom. The van der Waals surface area contributed by atoms with Crippen molar-refractivity contribution in [3.05, 3.63) is 42.0 Å². The average molecular weight is 272 g/mol. The number of benzene rings is 1. The first-order chi connectivity index (χ1) is 9.58. The van der Waals surface area contributed by atoms with Crippen LogP contribution >= 0.6 is 0 Å². The van der Waals surface area contributed by atoms with Crippen molar-refractivity contribution in [1.82, 2.24) is 0 Å². The number of carboxylic acid groups (broad SMARTS) is 1. The van der Waals surface area contributed by atoms with Gasteiger partial charge in [-0.3, -0.25) is 4.79 Å². The number of para-hydroxylation sites is 1. The number of aliphatic carboxylic acids is 1. The SMILES string of the molecule is Cc1ccccc1NC(=O)[C@H]1[C@@H](C(=O)[O-])[C@H]2C=C[C@@H]1O2. The summed E-state index contributed by atoms with van der Waals surface area (Å²) in [6.45, 7) is 1.88. The second kappa shape index (κ2) is 4.76. The molecule has 0 aromatic heterocycles. The van der Waals surface area contributed by atoms with Gasteiger partial charge in [0, 0.05) is 17.6 Å². The van der Waals surface area contributed by atoms with Gasteiger partial charge in [-0.1, -0.05) is 30.4 Å². The molecule has 0 radical (unpaired) electrons. The number of nitrogens with one attached hydrogen (secondary N) is 1. The Bertz CT molecular complexity index is 595. The summed E-state index contributed by atoms with van der Waals surface area (Å²) in [5.74, 6) is -3.25. The molecule has 1 aromatic rings. The summed E-state index contributed by atoms with van der Waals surface area (Å²) in [5, 5.41) is 14.0. The molecule has 1 saturated heterocycles. The van der Waals surface area contributed by atoms with Gasteiger partial charge in [-0.25, -0.2) is 0 Å². The number of carboxylic acids is 1. The number of hydrogen-bond donors (Lipinski definition) is 1. The molecule has 5 heteroatoms. The number of hydrogen-bond acceptors (Lipinski definition) is 4. The number of amides is 1. The van der Waals surface area contributed by atoms with Crippen LogP contribution in [0, 0.1) is 18.8 Å². The molecule has 104 valence electrons. The highest BCUT2D eigenvalue weighted by Gasteiger charge is 2.50. The van der Waals surface area contributed by atoms with E-state index in [0.29, 0.717) is 5.69 Å². The second-order valence-corrected chi connectivity index (χ2v) is 5.12. The van der Waals surface area contributed by atoms with Gasteiger partial charge in [0.15, 0.2) is 0 Å². The van der Waals surface area contributed by atoms with E-state index in [0.717, 1.165) is 5.56 Å². The van der Waals surface area contributed by atoms with E-state index < -0.39 is 30.0 Å². The topological polar surface area (TPSA) is 78.5 Å². The zero-order chi connectivity index (χ0) is 14.3. The van der Waals surface area contributed by atoms with Gasteiger partial charge >= 0.3 is 0 Å². The van der Waals surface area contributed by atoms with Crippen LogP contribution in [-0.2, 0) is 14.3 Å². The molecule has 1 N–H and O–H groups in total. The zero-order valence-corrected chi connectivity index (χ0v) is 10.9. The molecule has 2 bridgehead atoms. The van der Waals surface area contributed by atoms with E-state index >= 15 is 0 Å². The van der Waals surface area contributed by atoms with Crippen molar-refractivity contribution < 1.29 is 19.4 Å². The lowest BCUT2D eigenvalue weighted by Crippen LogP contribution is -2.45. The Morgan fingerprint density at radius 3 is 2.45 bits per heavy atom. The van der Waals surface area contributed by atoms with E-state index in [4.69, 9.17) is 4.74 Å². The quantitative estimate of drug-likeness (QED) is 0.800. The van der Waals surface area contributed by atoms with Crippen molar-refractivity contribution in [2.24, 2.45) is 11.8 Å². The summed E-state index contributed by atoms with van der Waals surface area (Å²) in [6.07, 6.45) is 2.39. The van der Waals surface area contributed by atoms with Crippen molar-refractivity contribution in [2.75, 3.05) is 5.32 Å². The summed E-state index contributed by atoms with van der Waals surface area (Å²) in [6, 6.07) is 7.35. The van der Waals surface area contributed by atoms with Crippen LogP contribution in [0.1, 0.15) is 5.56 Å². The van der Waals surface area contributed by atoms with Crippen molar-refractivity contribution in [2.45, 2.75) is 19.1 Å². The minimum absolute atomic E-state index is 0.342. The lowest BCUT2D eigenvalue weighted by atomic mass is 9.82. The molecule has 1 amide bonds. The third kappa shape index (κ3) is 2.00. The van der Waals surface area contributed by atoms with Gasteiger partial charge in [0.2, 0.25) is 5.91 Å². The number of ether oxygens (including phenoxy) is 1. The molecule has 2 aliphatic heterocycles. The highest BCUT2D eigenvalue weighted by molar-refractivity contribution is 5.96. The maximum absolute atomic E-state index is 12.4. The van der Waals surface area contributed by atoms with Crippen molar-refractivity contribution in [3.63, 3.8) is 0 Å². The predicted molar refractivity (Wildman–Crippen MR) is 69.6 cm³/mol. The van der Waals surface area contributed by atoms with Crippen LogP contribution in [0.25, 0.3) is 0 Å². The molecule has 1 fully saturated rings. The van der Waals surface area contributed by atoms with Crippen LogP contribution in [0.2, 0.25) is 0 Å². The van der Waals surface area contributed by atoms with Gasteiger partial charge in [0.1, 0.15) is 0 Å². The minimum Gasteiger partial charge on any atom is -0.550 e. The number of carbonyl (C=O) groups is 2. The van der Waals surface area contributed by atoms with Gasteiger partial charge in [-0.2, -0.15) is 0 Å². The van der Waals surface area contributed by atoms with Gasteiger partial charge in [0.05, 0.1) is 18.1 Å². The molecule has 0 saturated carbocycles. The molecular formula is C15H14NO4-. The monoisotopic (exact) mass is 272 g/mol. The first-order valence-corrected chi connectivity index (χ1v) is 6.49. The molecule has 5 nitrogen and oxygen atoms in total. The van der Waals surface area contributed by atoms with Gasteiger partial charge in [0.25, 0.3) is 0 Å². The largest absolute Gasteiger partial charge is 0.550 e. The maximum Gasteiger partial charge on any atom is 0.231 e. The van der Waals surface area contributed by atoms with E-state index in [-0.39, 0.29) is 5.91 Å². The smallest absolute Gasteiger partial charge is 0.231 e. The lowest BCUT2D eigenvalue weighted by molar-refractivity contribution is -0.313. The summed E-state index contributed by atoms with van der Waals surface area (Å²) in [4.78, 5) is 23.6. The van der Waals surface area contributed by atoms with E-state index in [2.05, 4.69) is 5.32 Å². The third-order valence-corrected chi connectivity index (χ3v) is 3.88. The molecule has 0 spiro atoms. The van der Waals surface area contributed by atoms with Crippen LogP contribution in [0.5, 0.6) is 0 Å². The normalized spacial score (nSPS) is 30.4. The highest BCUT2D eigenvalue weighted by atomic mass is 16.5. The average Bonchev–Trinajstić information content (AvgIpc) is 3.01. The van der Waals surface area contributed by atoms with Gasteiger partial charge < -0.3 is 20.0 Å². The number of fused-ring (bicyclic) bond motifs is 2. The van der Waals surface area contributed by atoms with E-state index in [1.54, 1.807) is 18.2 Å². The Balaban J connectivity index is 1.82. The van der Waals surface area contributed by atoms with E-state index in [1.807, 2.05) is 25.1 Å². The van der Waals surface area contributed by atoms with Crippen LogP contribution in [0.4, 0.5) is 5.69 Å². The first-order valence-electron chi connectivity index (χ1n) is 6.49. The van der Waals surface area contributed by atoms with Gasteiger partial charge in [-0.15, -0.1) is 0 Å². The Hall–Kier alpha value is -2.14. The first kappa shape index (κ1) is 12.9. The number of rotatable bonds is 3. The molecule has 2 heterocycles. The molecular weight excluding hydrogens is 258 g/mol. The fourth-order valence-electron chi connectivity index (χ4n) is 2.83. The molecule has 2 aliphatic rings. The zero-order valence-electron chi connectivity index (χ0n) is 10.9. The standard InChI is InChI=1S/C15H15NO4/c1-8-4-2-3-5-9(8)16-14(17)12-10-6-7-11(20-10)13(12)15(18)19/h2-7,10-13H,1H3,(H,16,17)(H,18,19)/p-1/t10-,11+,12+,13-/m0/s1. The lowest BCUT2D eigenvalue weighted by Gasteiger charge is -2.25. The van der Waals surface area contributed by atoms with Gasteiger partial charge in [-0.05, 0) is 18.6 Å². The highest BCUT2D eigenvalue weighted by Crippen LogP contribution is 2.39. The molecule has 1 aromatic carbocycles. The fourth-order valence-corrected chi connectivity index (χ4v) is 2.83. The minimum atomic E-state index is -1.24. The van der Waals surface area contributed by atoms with Crippen LogP contribution in [0.15, 0.2) is 36.4 Å². The summed E-state index contributed by atoms with van der Waals surface area (Å²) >= 11 is 0. The molecule has 4 atom stereocenters. The van der Waals surface area contributed by atoms with E-state index in [9.17, 15) is 14.7 Å². The maximum atomic E-state index is 12.4. The second-order valence-electron chi connectivity index (χ2n) is 5.12. The Kier molecular flexibility index (Phi) is 3.06. The Labute approximate surface area is 116 Å². The predicted octanol–water partition coefficient (Wildman–Crippen LogP) is 0.253. The molecule has 0 unspecified atom stereocenters. The summed E-state index contributed by atoms with van der Waals surface area (Å²) in [5.41, 5.74) is 1.60. The number of carbonyl (C=O) groups excluding carboxylic acids is 2. The van der Waals surface area contributed by atoms with Crippen molar-refractivity contribution >= 4 is 17.6 Å². The number of anilines is 1. The van der Waals surface area contributed by atoms with Crippen LogP contribution in [0.3, 0.4) is 0 Å². The van der Waals surface area contributed by atoms with Crippen LogP contribution in [-0.4, -0.2) is 24.1 Å². The third-order valence-electron chi connectivity index (χ3n) is 3.88. The molecule has 3 rings (SSSR count). The molecule has 0 aliphatic carbocycles. The summed E-state index contributed by atoms with van der Waals surface area (Å²) < 4.78 is 5.46. The Morgan fingerprint density at radius 1 is 1.15 bits per heavy atom. The van der Waals surface area contributed by atoms with Crippen molar-refractivity contribution in [3.8, 4) is 0 Å². The summed E-state index contributed by atoms with van der Waals surface area (Å²) in [7, 11) is 0. The molecule has 20 heavy (non-hydrogen) atoms. The van der Waals surface area contributed by atoms with E-state index in [1.165, 1.54) is 0 Å². The fraction of sp³-hybridized carbons (Fsp3) is 0.333.